The second-order valence-electron chi connectivity index (χ2n) is 3.52. The Labute approximate surface area is 79.5 Å². The van der Waals surface area contributed by atoms with Crippen molar-refractivity contribution in [2.24, 2.45) is 0 Å². The molecule has 72 valence electrons. The average Bonchev–Trinajstić information content (AvgIpc) is 2.09. The van der Waals surface area contributed by atoms with Gasteiger partial charge in [-0.3, -0.25) is 0 Å². The summed E-state index contributed by atoms with van der Waals surface area (Å²) in [5.41, 5.74) is 1.22. The molecule has 2 nitrogen and oxygen atoms in total. The largest absolute Gasteiger partial charge is 0.463 e. The molecule has 0 unspecified atom stereocenters. The standard InChI is InChI=1S/C11H16O2/c1-9-5-7-10(8-6-9)13-11(2,3)12-4/h5-8H,1-4H3. The number of methoxy groups -OCH3 is 1. The Hall–Kier alpha value is -1.02. The highest BCUT2D eigenvalue weighted by molar-refractivity contribution is 5.26. The minimum Gasteiger partial charge on any atom is -0.463 e. The lowest BCUT2D eigenvalue weighted by atomic mass is 10.2. The van der Waals surface area contributed by atoms with Crippen molar-refractivity contribution in [2.45, 2.75) is 26.6 Å². The van der Waals surface area contributed by atoms with Crippen LogP contribution < -0.4 is 4.74 Å². The van der Waals surface area contributed by atoms with Gasteiger partial charge < -0.3 is 9.47 Å². The summed E-state index contributed by atoms with van der Waals surface area (Å²) < 4.78 is 10.7. The fourth-order valence-corrected chi connectivity index (χ4v) is 0.932. The van der Waals surface area contributed by atoms with Gasteiger partial charge in [-0.25, -0.2) is 0 Å². The highest BCUT2D eigenvalue weighted by atomic mass is 16.7. The van der Waals surface area contributed by atoms with Crippen molar-refractivity contribution in [3.8, 4) is 5.75 Å². The molecule has 0 aliphatic heterocycles. The molecule has 0 spiro atoms. The molecule has 0 saturated carbocycles. The predicted molar refractivity (Wildman–Crippen MR) is 52.9 cm³/mol. The molecule has 2 heteroatoms. The molecule has 0 amide bonds. The molecule has 0 atom stereocenters. The molecule has 13 heavy (non-hydrogen) atoms. The van der Waals surface area contributed by atoms with Gasteiger partial charge in [0.15, 0.2) is 0 Å². The molecule has 0 bridgehead atoms. The molecule has 0 radical (unpaired) electrons. The van der Waals surface area contributed by atoms with Gasteiger partial charge in [0.2, 0.25) is 5.79 Å². The molecule has 1 aromatic rings. The molecule has 0 N–H and O–H groups in total. The van der Waals surface area contributed by atoms with Gasteiger partial charge in [-0.05, 0) is 19.1 Å². The Bertz CT molecular complexity index is 262. The Morgan fingerprint density at radius 3 is 2.08 bits per heavy atom. The average molecular weight is 180 g/mol. The second kappa shape index (κ2) is 3.79. The Morgan fingerprint density at radius 1 is 1.08 bits per heavy atom. The second-order valence-corrected chi connectivity index (χ2v) is 3.52. The van der Waals surface area contributed by atoms with Gasteiger partial charge in [-0.1, -0.05) is 17.7 Å². The molecular formula is C11H16O2. The summed E-state index contributed by atoms with van der Waals surface area (Å²) in [5.74, 6) is 0.271. The molecule has 0 aliphatic rings. The first kappa shape index (κ1) is 10.1. The first-order chi connectivity index (χ1) is 6.03. The minimum absolute atomic E-state index is 0.560. The third kappa shape index (κ3) is 3.07. The van der Waals surface area contributed by atoms with Gasteiger partial charge >= 0.3 is 0 Å². The number of rotatable bonds is 3. The summed E-state index contributed by atoms with van der Waals surface area (Å²) in [6.45, 7) is 5.81. The van der Waals surface area contributed by atoms with Crippen LogP contribution in [0.4, 0.5) is 0 Å². The van der Waals surface area contributed by atoms with Crippen LogP contribution in [0.5, 0.6) is 5.75 Å². The van der Waals surface area contributed by atoms with Crippen molar-refractivity contribution in [3.05, 3.63) is 29.8 Å². The van der Waals surface area contributed by atoms with E-state index >= 15 is 0 Å². The van der Waals surface area contributed by atoms with E-state index in [1.54, 1.807) is 7.11 Å². The number of hydrogen-bond donors (Lipinski definition) is 0. The van der Waals surface area contributed by atoms with Crippen LogP contribution in [0.15, 0.2) is 24.3 Å². The maximum atomic E-state index is 5.58. The van der Waals surface area contributed by atoms with Crippen LogP contribution in [-0.4, -0.2) is 12.9 Å². The molecule has 0 heterocycles. The molecule has 1 rings (SSSR count). The SMILES string of the molecule is COC(C)(C)Oc1ccc(C)cc1. The van der Waals surface area contributed by atoms with Crippen LogP contribution in [0, 0.1) is 6.92 Å². The van der Waals surface area contributed by atoms with Crippen LogP contribution in [0.2, 0.25) is 0 Å². The molecule has 0 saturated heterocycles. The van der Waals surface area contributed by atoms with E-state index in [0.29, 0.717) is 0 Å². The van der Waals surface area contributed by atoms with E-state index in [0.717, 1.165) is 5.75 Å². The van der Waals surface area contributed by atoms with Gasteiger partial charge in [0, 0.05) is 21.0 Å². The van der Waals surface area contributed by atoms with Crippen molar-refractivity contribution in [1.29, 1.82) is 0 Å². The summed E-state index contributed by atoms with van der Waals surface area (Å²) in [4.78, 5) is 0. The Balaban J connectivity index is 2.69. The van der Waals surface area contributed by atoms with Gasteiger partial charge in [-0.15, -0.1) is 0 Å². The van der Waals surface area contributed by atoms with Gasteiger partial charge in [-0.2, -0.15) is 0 Å². The van der Waals surface area contributed by atoms with E-state index in [4.69, 9.17) is 9.47 Å². The van der Waals surface area contributed by atoms with Crippen LogP contribution in [0.1, 0.15) is 19.4 Å². The van der Waals surface area contributed by atoms with Crippen molar-refractivity contribution in [1.82, 2.24) is 0 Å². The zero-order valence-electron chi connectivity index (χ0n) is 8.63. The van der Waals surface area contributed by atoms with Crippen molar-refractivity contribution in [2.75, 3.05) is 7.11 Å². The quantitative estimate of drug-likeness (QED) is 0.666. The van der Waals surface area contributed by atoms with E-state index in [-0.39, 0.29) is 0 Å². The number of aryl methyl sites for hydroxylation is 1. The smallest absolute Gasteiger partial charge is 0.204 e. The lowest BCUT2D eigenvalue weighted by Gasteiger charge is -2.24. The van der Waals surface area contributed by atoms with Crippen LogP contribution in [-0.2, 0) is 4.74 Å². The predicted octanol–water partition coefficient (Wildman–Crippen LogP) is 2.76. The van der Waals surface area contributed by atoms with Crippen molar-refractivity contribution in [3.63, 3.8) is 0 Å². The molecule has 0 aliphatic carbocycles. The number of ether oxygens (including phenoxy) is 2. The zero-order valence-corrected chi connectivity index (χ0v) is 8.63. The molecular weight excluding hydrogens is 164 g/mol. The van der Waals surface area contributed by atoms with E-state index in [2.05, 4.69) is 0 Å². The number of benzene rings is 1. The topological polar surface area (TPSA) is 18.5 Å². The van der Waals surface area contributed by atoms with Crippen molar-refractivity contribution >= 4 is 0 Å². The summed E-state index contributed by atoms with van der Waals surface area (Å²) in [7, 11) is 1.63. The normalized spacial score (nSPS) is 11.4. The van der Waals surface area contributed by atoms with E-state index in [9.17, 15) is 0 Å². The van der Waals surface area contributed by atoms with Crippen molar-refractivity contribution < 1.29 is 9.47 Å². The Kier molecular flexibility index (Phi) is 2.94. The van der Waals surface area contributed by atoms with Crippen LogP contribution in [0.25, 0.3) is 0 Å². The molecule has 1 aromatic carbocycles. The maximum Gasteiger partial charge on any atom is 0.204 e. The highest BCUT2D eigenvalue weighted by Crippen LogP contribution is 2.18. The Morgan fingerprint density at radius 2 is 1.62 bits per heavy atom. The minimum atomic E-state index is -0.560. The molecule has 0 aromatic heterocycles. The third-order valence-corrected chi connectivity index (χ3v) is 1.88. The van der Waals surface area contributed by atoms with E-state index in [1.165, 1.54) is 5.56 Å². The maximum absolute atomic E-state index is 5.58. The summed E-state index contributed by atoms with van der Waals surface area (Å²) in [6, 6.07) is 7.91. The van der Waals surface area contributed by atoms with Crippen LogP contribution in [0.3, 0.4) is 0 Å². The lowest BCUT2D eigenvalue weighted by molar-refractivity contribution is -0.134. The fraction of sp³-hybridized carbons (Fsp3) is 0.455. The van der Waals surface area contributed by atoms with Gasteiger partial charge in [0.25, 0.3) is 0 Å². The van der Waals surface area contributed by atoms with Gasteiger partial charge in [0.1, 0.15) is 5.75 Å². The van der Waals surface area contributed by atoms with E-state index < -0.39 is 5.79 Å². The lowest BCUT2D eigenvalue weighted by Crippen LogP contribution is -2.30. The van der Waals surface area contributed by atoms with Gasteiger partial charge in [0.05, 0.1) is 0 Å². The van der Waals surface area contributed by atoms with E-state index in [1.807, 2.05) is 45.0 Å². The highest BCUT2D eigenvalue weighted by Gasteiger charge is 2.17. The first-order valence-electron chi connectivity index (χ1n) is 4.34. The fourth-order valence-electron chi connectivity index (χ4n) is 0.932. The summed E-state index contributed by atoms with van der Waals surface area (Å²) in [5, 5.41) is 0. The number of hydrogen-bond acceptors (Lipinski definition) is 2. The monoisotopic (exact) mass is 180 g/mol. The first-order valence-corrected chi connectivity index (χ1v) is 4.34. The summed E-state index contributed by atoms with van der Waals surface area (Å²) >= 11 is 0. The summed E-state index contributed by atoms with van der Waals surface area (Å²) in [6.07, 6.45) is 0. The van der Waals surface area contributed by atoms with Crippen LogP contribution >= 0.6 is 0 Å². The molecule has 0 fully saturated rings. The zero-order chi connectivity index (χ0) is 9.90. The third-order valence-electron chi connectivity index (χ3n) is 1.88.